The Kier molecular flexibility index (Phi) is 6.12. The molecule has 0 aliphatic rings. The van der Waals surface area contributed by atoms with Crippen LogP contribution in [-0.4, -0.2) is 25.5 Å². The molecular weight excluding hydrogens is 432 g/mol. The van der Waals surface area contributed by atoms with E-state index >= 15 is 0 Å². The normalized spacial score (nSPS) is 12.7. The minimum Gasteiger partial charge on any atom is -0.480 e. The van der Waals surface area contributed by atoms with Crippen molar-refractivity contribution in [3.8, 4) is 0 Å². The summed E-state index contributed by atoms with van der Waals surface area (Å²) in [4.78, 5) is 11.2. The minimum atomic E-state index is -4.31. The highest BCUT2D eigenvalue weighted by Crippen LogP contribution is 2.37. The molecule has 2 rings (SSSR count). The molecule has 0 heterocycles. The van der Waals surface area contributed by atoms with Crippen LogP contribution in [0, 0.1) is 0 Å². The van der Waals surface area contributed by atoms with Gasteiger partial charge in [0.25, 0.3) is 10.0 Å². The molecule has 0 saturated carbocycles. The molecule has 0 amide bonds. The standard InChI is InChI=1S/C15H11Cl4NO4S/c1-8(15(21)22)20(13-4-2-3-11(17)14(13)19)25(23,24)9-5-6-10(16)12(18)7-9/h2-8H,1H3,(H,21,22). The van der Waals surface area contributed by atoms with E-state index in [2.05, 4.69) is 0 Å². The van der Waals surface area contributed by atoms with Gasteiger partial charge in [0, 0.05) is 0 Å². The average molecular weight is 443 g/mol. The number of halogens is 4. The topological polar surface area (TPSA) is 74.7 Å². The molecule has 0 bridgehead atoms. The van der Waals surface area contributed by atoms with Crippen LogP contribution in [0.5, 0.6) is 0 Å². The Labute approximate surface area is 164 Å². The first-order chi connectivity index (χ1) is 11.6. The lowest BCUT2D eigenvalue weighted by Gasteiger charge is -2.29. The second-order valence-corrected chi connectivity index (χ2v) is 8.38. The van der Waals surface area contributed by atoms with Gasteiger partial charge in [0.2, 0.25) is 0 Å². The van der Waals surface area contributed by atoms with E-state index in [4.69, 9.17) is 46.4 Å². The van der Waals surface area contributed by atoms with E-state index in [1.807, 2.05) is 0 Å². The van der Waals surface area contributed by atoms with Crippen molar-refractivity contribution in [1.29, 1.82) is 0 Å². The fraction of sp³-hybridized carbons (Fsp3) is 0.133. The number of aliphatic carboxylic acids is 1. The zero-order valence-electron chi connectivity index (χ0n) is 12.6. The van der Waals surface area contributed by atoms with Gasteiger partial charge in [0.15, 0.2) is 0 Å². The van der Waals surface area contributed by atoms with E-state index in [1.165, 1.54) is 37.3 Å². The highest BCUT2D eigenvalue weighted by atomic mass is 35.5. The smallest absolute Gasteiger partial charge is 0.327 e. The van der Waals surface area contributed by atoms with E-state index in [-0.39, 0.29) is 30.7 Å². The van der Waals surface area contributed by atoms with Gasteiger partial charge in [-0.15, -0.1) is 0 Å². The van der Waals surface area contributed by atoms with Crippen molar-refractivity contribution in [3.63, 3.8) is 0 Å². The zero-order valence-corrected chi connectivity index (χ0v) is 16.4. The maximum absolute atomic E-state index is 13.1. The van der Waals surface area contributed by atoms with E-state index in [1.54, 1.807) is 0 Å². The molecule has 134 valence electrons. The van der Waals surface area contributed by atoms with Gasteiger partial charge in [0.05, 0.1) is 30.7 Å². The molecule has 10 heteroatoms. The number of sulfonamides is 1. The molecule has 2 aromatic rings. The van der Waals surface area contributed by atoms with Gasteiger partial charge < -0.3 is 5.11 Å². The van der Waals surface area contributed by atoms with Crippen LogP contribution in [0.25, 0.3) is 0 Å². The Bertz CT molecular complexity index is 933. The Morgan fingerprint density at radius 2 is 1.68 bits per heavy atom. The van der Waals surface area contributed by atoms with Crippen molar-refractivity contribution < 1.29 is 18.3 Å². The Morgan fingerprint density at radius 1 is 1.04 bits per heavy atom. The Balaban J connectivity index is 2.72. The molecule has 0 aliphatic heterocycles. The van der Waals surface area contributed by atoms with E-state index in [0.717, 1.165) is 6.07 Å². The number of hydrogen-bond acceptors (Lipinski definition) is 3. The van der Waals surface area contributed by atoms with Crippen LogP contribution in [0.15, 0.2) is 41.3 Å². The Morgan fingerprint density at radius 3 is 2.24 bits per heavy atom. The monoisotopic (exact) mass is 441 g/mol. The average Bonchev–Trinajstić information content (AvgIpc) is 2.53. The van der Waals surface area contributed by atoms with Crippen LogP contribution >= 0.6 is 46.4 Å². The number of nitrogens with zero attached hydrogens (tertiary/aromatic N) is 1. The molecule has 0 radical (unpaired) electrons. The number of carbonyl (C=O) groups is 1. The van der Waals surface area contributed by atoms with Gasteiger partial charge >= 0.3 is 5.97 Å². The minimum absolute atomic E-state index is 0.0165. The van der Waals surface area contributed by atoms with E-state index < -0.39 is 22.0 Å². The zero-order chi connectivity index (χ0) is 18.9. The molecule has 0 fully saturated rings. The number of carboxylic acids is 1. The van der Waals surface area contributed by atoms with E-state index in [0.29, 0.717) is 4.31 Å². The third-order valence-corrected chi connectivity index (χ3v) is 6.75. The van der Waals surface area contributed by atoms with Crippen LogP contribution in [-0.2, 0) is 14.8 Å². The second-order valence-electron chi connectivity index (χ2n) is 4.96. The fourth-order valence-electron chi connectivity index (χ4n) is 2.06. The quantitative estimate of drug-likeness (QED) is 0.709. The number of benzene rings is 2. The lowest BCUT2D eigenvalue weighted by atomic mass is 10.2. The maximum atomic E-state index is 13.1. The van der Waals surface area contributed by atoms with Crippen LogP contribution in [0.3, 0.4) is 0 Å². The number of anilines is 1. The molecular formula is C15H11Cl4NO4S. The van der Waals surface area contributed by atoms with Gasteiger partial charge in [0.1, 0.15) is 6.04 Å². The van der Waals surface area contributed by atoms with Crippen molar-refractivity contribution in [3.05, 3.63) is 56.5 Å². The fourth-order valence-corrected chi connectivity index (χ4v) is 4.51. The van der Waals surface area contributed by atoms with Crippen molar-refractivity contribution in [1.82, 2.24) is 0 Å². The number of rotatable bonds is 5. The number of carboxylic acid groups (broad SMARTS) is 1. The number of hydrogen-bond donors (Lipinski definition) is 1. The predicted molar refractivity (Wildman–Crippen MR) is 99.7 cm³/mol. The van der Waals surface area contributed by atoms with Crippen LogP contribution in [0.1, 0.15) is 6.92 Å². The summed E-state index contributed by atoms with van der Waals surface area (Å²) in [6.45, 7) is 1.22. The molecule has 1 atom stereocenters. The second kappa shape index (κ2) is 7.60. The SMILES string of the molecule is CC(C(=O)O)N(c1cccc(Cl)c1Cl)S(=O)(=O)c1ccc(Cl)c(Cl)c1. The molecule has 0 saturated heterocycles. The summed E-state index contributed by atoms with van der Waals surface area (Å²) in [5.41, 5.74) is -0.0601. The molecule has 1 N–H and O–H groups in total. The highest BCUT2D eigenvalue weighted by molar-refractivity contribution is 7.93. The first kappa shape index (κ1) is 20.1. The van der Waals surface area contributed by atoms with Crippen LogP contribution in [0.2, 0.25) is 20.1 Å². The molecule has 25 heavy (non-hydrogen) atoms. The van der Waals surface area contributed by atoms with Crippen LogP contribution < -0.4 is 4.31 Å². The summed E-state index contributed by atoms with van der Waals surface area (Å²) >= 11 is 23.8. The largest absolute Gasteiger partial charge is 0.480 e. The van der Waals surface area contributed by atoms with Gasteiger partial charge in [-0.05, 0) is 37.3 Å². The summed E-state index contributed by atoms with van der Waals surface area (Å²) in [5, 5.41) is 9.54. The van der Waals surface area contributed by atoms with Gasteiger partial charge in [-0.2, -0.15) is 0 Å². The lowest BCUT2D eigenvalue weighted by Crippen LogP contribution is -2.43. The third kappa shape index (κ3) is 3.99. The summed E-state index contributed by atoms with van der Waals surface area (Å²) in [6.07, 6.45) is 0. The van der Waals surface area contributed by atoms with E-state index in [9.17, 15) is 18.3 Å². The predicted octanol–water partition coefficient (Wildman–Crippen LogP) is 4.97. The van der Waals surface area contributed by atoms with Crippen molar-refractivity contribution >= 4 is 68.1 Å². The summed E-state index contributed by atoms with van der Waals surface area (Å²) in [7, 11) is -4.31. The Hall–Kier alpha value is -1.18. The highest BCUT2D eigenvalue weighted by Gasteiger charge is 2.35. The lowest BCUT2D eigenvalue weighted by molar-refractivity contribution is -0.137. The van der Waals surface area contributed by atoms with Crippen LogP contribution in [0.4, 0.5) is 5.69 Å². The van der Waals surface area contributed by atoms with Crippen molar-refractivity contribution in [2.45, 2.75) is 17.9 Å². The van der Waals surface area contributed by atoms with Gasteiger partial charge in [-0.1, -0.05) is 52.5 Å². The van der Waals surface area contributed by atoms with Gasteiger partial charge in [-0.3, -0.25) is 4.31 Å². The molecule has 2 aromatic carbocycles. The molecule has 0 spiro atoms. The molecule has 5 nitrogen and oxygen atoms in total. The van der Waals surface area contributed by atoms with Crippen molar-refractivity contribution in [2.75, 3.05) is 4.31 Å². The molecule has 0 aromatic heterocycles. The molecule has 1 unspecified atom stereocenters. The van der Waals surface area contributed by atoms with Gasteiger partial charge in [-0.25, -0.2) is 13.2 Å². The summed E-state index contributed by atoms with van der Waals surface area (Å²) in [6, 6.07) is 6.51. The molecule has 0 aliphatic carbocycles. The summed E-state index contributed by atoms with van der Waals surface area (Å²) < 4.78 is 26.8. The van der Waals surface area contributed by atoms with Crippen molar-refractivity contribution in [2.24, 2.45) is 0 Å². The first-order valence-electron chi connectivity index (χ1n) is 6.73. The third-order valence-electron chi connectivity index (χ3n) is 3.33. The first-order valence-corrected chi connectivity index (χ1v) is 9.69. The summed E-state index contributed by atoms with van der Waals surface area (Å²) in [5.74, 6) is -1.36. The maximum Gasteiger partial charge on any atom is 0.327 e.